The highest BCUT2D eigenvalue weighted by molar-refractivity contribution is 4.79. The molecule has 54 valence electrons. The van der Waals surface area contributed by atoms with Gasteiger partial charge in [-0.1, -0.05) is 19.1 Å². The second kappa shape index (κ2) is 7.70. The summed E-state index contributed by atoms with van der Waals surface area (Å²) in [4.78, 5) is 0. The van der Waals surface area contributed by atoms with Crippen molar-refractivity contribution >= 4 is 0 Å². The lowest BCUT2D eigenvalue weighted by atomic mass is 10.3. The van der Waals surface area contributed by atoms with Crippen molar-refractivity contribution in [3.8, 4) is 0 Å². The summed E-state index contributed by atoms with van der Waals surface area (Å²) in [5, 5.41) is 3.11. The number of allylic oxidation sites excluding steroid dienone is 2. The predicted molar refractivity (Wildman–Crippen MR) is 42.6 cm³/mol. The Bertz CT molecular complexity index is 67.0. The van der Waals surface area contributed by atoms with Crippen LogP contribution in [-0.4, -0.2) is 13.6 Å². The first kappa shape index (κ1) is 8.70. The molecule has 0 aliphatic carbocycles. The summed E-state index contributed by atoms with van der Waals surface area (Å²) in [5.74, 6) is 0. The van der Waals surface area contributed by atoms with Gasteiger partial charge in [-0.2, -0.15) is 0 Å². The second-order valence-corrected chi connectivity index (χ2v) is 2.13. The van der Waals surface area contributed by atoms with E-state index in [9.17, 15) is 0 Å². The van der Waals surface area contributed by atoms with Gasteiger partial charge < -0.3 is 5.32 Å². The standard InChI is InChI=1S/C8H17N/c1-3-4-5-6-7-8-9-2/h4-5,9H,3,6-8H2,1-2H3. The molecule has 1 N–H and O–H groups in total. The molecule has 0 unspecified atom stereocenters. The number of unbranched alkanes of at least 4 members (excludes halogenated alkanes) is 1. The zero-order valence-electron chi connectivity index (χ0n) is 6.48. The molecular weight excluding hydrogens is 110 g/mol. The fourth-order valence-electron chi connectivity index (χ4n) is 0.681. The third-order valence-electron chi connectivity index (χ3n) is 1.20. The minimum absolute atomic E-state index is 1.13. The molecule has 0 fully saturated rings. The van der Waals surface area contributed by atoms with Gasteiger partial charge in [-0.25, -0.2) is 0 Å². The van der Waals surface area contributed by atoms with Gasteiger partial charge in [-0.05, 0) is 32.9 Å². The maximum atomic E-state index is 3.11. The van der Waals surface area contributed by atoms with Crippen LogP contribution in [0.15, 0.2) is 12.2 Å². The zero-order chi connectivity index (χ0) is 6.95. The third-order valence-corrected chi connectivity index (χ3v) is 1.20. The monoisotopic (exact) mass is 127 g/mol. The van der Waals surface area contributed by atoms with Gasteiger partial charge in [0.15, 0.2) is 0 Å². The molecule has 0 spiro atoms. The number of rotatable bonds is 5. The van der Waals surface area contributed by atoms with Crippen LogP contribution in [0.2, 0.25) is 0 Å². The molecule has 0 rings (SSSR count). The fourth-order valence-corrected chi connectivity index (χ4v) is 0.681. The molecule has 0 amide bonds. The molecule has 0 aromatic heterocycles. The summed E-state index contributed by atoms with van der Waals surface area (Å²) in [5.41, 5.74) is 0. The van der Waals surface area contributed by atoms with E-state index in [-0.39, 0.29) is 0 Å². The molecule has 0 saturated carbocycles. The highest BCUT2D eigenvalue weighted by Crippen LogP contribution is 1.89. The first-order chi connectivity index (χ1) is 4.41. The van der Waals surface area contributed by atoms with Crippen LogP contribution >= 0.6 is 0 Å². The van der Waals surface area contributed by atoms with Crippen LogP contribution in [0.25, 0.3) is 0 Å². The zero-order valence-corrected chi connectivity index (χ0v) is 6.48. The highest BCUT2D eigenvalue weighted by Gasteiger charge is 1.78. The maximum Gasteiger partial charge on any atom is -0.00490 e. The van der Waals surface area contributed by atoms with Crippen LogP contribution in [-0.2, 0) is 0 Å². The molecule has 0 heterocycles. The average molecular weight is 127 g/mol. The van der Waals surface area contributed by atoms with E-state index in [1.807, 2.05) is 7.05 Å². The van der Waals surface area contributed by atoms with E-state index in [4.69, 9.17) is 0 Å². The van der Waals surface area contributed by atoms with E-state index in [1.54, 1.807) is 0 Å². The fraction of sp³-hybridized carbons (Fsp3) is 0.750. The number of hydrogen-bond donors (Lipinski definition) is 1. The Hall–Kier alpha value is -0.300. The van der Waals surface area contributed by atoms with Gasteiger partial charge in [0.05, 0.1) is 0 Å². The molecular formula is C8H17N. The van der Waals surface area contributed by atoms with E-state index in [1.165, 1.54) is 19.3 Å². The Morgan fingerprint density at radius 2 is 2.11 bits per heavy atom. The first-order valence-corrected chi connectivity index (χ1v) is 3.71. The van der Waals surface area contributed by atoms with Crippen molar-refractivity contribution in [2.45, 2.75) is 26.2 Å². The second-order valence-electron chi connectivity index (χ2n) is 2.13. The molecule has 0 aliphatic rings. The minimum atomic E-state index is 1.13. The quantitative estimate of drug-likeness (QED) is 0.439. The van der Waals surface area contributed by atoms with E-state index in [0.717, 1.165) is 6.54 Å². The summed E-state index contributed by atoms with van der Waals surface area (Å²) in [6.45, 7) is 3.29. The Kier molecular flexibility index (Phi) is 7.44. The predicted octanol–water partition coefficient (Wildman–Crippen LogP) is 1.95. The summed E-state index contributed by atoms with van der Waals surface area (Å²) >= 11 is 0. The van der Waals surface area contributed by atoms with Gasteiger partial charge in [0.2, 0.25) is 0 Å². The van der Waals surface area contributed by atoms with E-state index < -0.39 is 0 Å². The maximum absolute atomic E-state index is 3.11. The number of nitrogens with one attached hydrogen (secondary N) is 1. The molecule has 0 radical (unpaired) electrons. The molecule has 9 heavy (non-hydrogen) atoms. The van der Waals surface area contributed by atoms with Gasteiger partial charge in [0, 0.05) is 0 Å². The van der Waals surface area contributed by atoms with Crippen molar-refractivity contribution < 1.29 is 0 Å². The molecule has 0 aromatic carbocycles. The van der Waals surface area contributed by atoms with Gasteiger partial charge in [-0.15, -0.1) is 0 Å². The Morgan fingerprint density at radius 1 is 1.33 bits per heavy atom. The van der Waals surface area contributed by atoms with Crippen LogP contribution in [0, 0.1) is 0 Å². The Balaban J connectivity index is 2.82. The van der Waals surface area contributed by atoms with Crippen LogP contribution in [0.5, 0.6) is 0 Å². The van der Waals surface area contributed by atoms with Crippen LogP contribution in [0.4, 0.5) is 0 Å². The lowest BCUT2D eigenvalue weighted by molar-refractivity contribution is 0.734. The molecule has 0 aliphatic heterocycles. The molecule has 0 bridgehead atoms. The molecule has 0 saturated heterocycles. The minimum Gasteiger partial charge on any atom is -0.320 e. The largest absolute Gasteiger partial charge is 0.320 e. The van der Waals surface area contributed by atoms with E-state index in [2.05, 4.69) is 24.4 Å². The molecule has 0 aromatic rings. The number of hydrogen-bond acceptors (Lipinski definition) is 1. The molecule has 1 nitrogen and oxygen atoms in total. The topological polar surface area (TPSA) is 12.0 Å². The van der Waals surface area contributed by atoms with Gasteiger partial charge >= 0.3 is 0 Å². The highest BCUT2D eigenvalue weighted by atomic mass is 14.8. The van der Waals surface area contributed by atoms with Crippen molar-refractivity contribution in [2.24, 2.45) is 0 Å². The van der Waals surface area contributed by atoms with E-state index >= 15 is 0 Å². The van der Waals surface area contributed by atoms with E-state index in [0.29, 0.717) is 0 Å². The van der Waals surface area contributed by atoms with Crippen LogP contribution in [0.3, 0.4) is 0 Å². The van der Waals surface area contributed by atoms with Crippen molar-refractivity contribution in [1.82, 2.24) is 5.32 Å². The van der Waals surface area contributed by atoms with Crippen molar-refractivity contribution in [3.05, 3.63) is 12.2 Å². The van der Waals surface area contributed by atoms with Gasteiger partial charge in [0.25, 0.3) is 0 Å². The van der Waals surface area contributed by atoms with Crippen LogP contribution in [0.1, 0.15) is 26.2 Å². The summed E-state index contributed by atoms with van der Waals surface area (Å²) < 4.78 is 0. The van der Waals surface area contributed by atoms with Gasteiger partial charge in [0.1, 0.15) is 0 Å². The lowest BCUT2D eigenvalue weighted by Gasteiger charge is -1.92. The summed E-state index contributed by atoms with van der Waals surface area (Å²) in [6.07, 6.45) is 8.11. The smallest absolute Gasteiger partial charge is 0.00490 e. The van der Waals surface area contributed by atoms with Crippen molar-refractivity contribution in [3.63, 3.8) is 0 Å². The lowest BCUT2D eigenvalue weighted by Crippen LogP contribution is -2.06. The van der Waals surface area contributed by atoms with Gasteiger partial charge in [-0.3, -0.25) is 0 Å². The first-order valence-electron chi connectivity index (χ1n) is 3.71. The normalized spacial score (nSPS) is 10.9. The van der Waals surface area contributed by atoms with Crippen LogP contribution < -0.4 is 5.32 Å². The summed E-state index contributed by atoms with van der Waals surface area (Å²) in [6, 6.07) is 0. The van der Waals surface area contributed by atoms with Crippen molar-refractivity contribution in [2.75, 3.05) is 13.6 Å². The Labute approximate surface area is 58.2 Å². The third kappa shape index (κ3) is 7.70. The molecule has 1 heteroatoms. The molecule has 0 atom stereocenters. The average Bonchev–Trinajstić information content (AvgIpc) is 1.89. The SMILES string of the molecule is CCC=CCCCNC. The Morgan fingerprint density at radius 3 is 2.67 bits per heavy atom. The van der Waals surface area contributed by atoms with Crippen molar-refractivity contribution in [1.29, 1.82) is 0 Å². The summed E-state index contributed by atoms with van der Waals surface area (Å²) in [7, 11) is 1.99.